The minimum absolute atomic E-state index is 0.100. The Hall–Kier alpha value is -1.18. The first kappa shape index (κ1) is 10.9. The van der Waals surface area contributed by atoms with E-state index in [1.54, 1.807) is 12.1 Å². The van der Waals surface area contributed by atoms with Crippen LogP contribution in [0.1, 0.15) is 37.0 Å². The van der Waals surface area contributed by atoms with Crippen LogP contribution in [0.2, 0.25) is 0 Å². The molecular formula is C12H15FO. The highest BCUT2D eigenvalue weighted by Crippen LogP contribution is 2.12. The van der Waals surface area contributed by atoms with E-state index in [1.807, 2.05) is 0 Å². The quantitative estimate of drug-likeness (QED) is 0.671. The summed E-state index contributed by atoms with van der Waals surface area (Å²) in [5.41, 5.74) is 0.216. The summed E-state index contributed by atoms with van der Waals surface area (Å²) < 4.78 is 13.1. The Bertz CT molecular complexity index is 318. The standard InChI is InChI=1S/C12H15FO/c1-9(2)7-8-12(14)10-5-3-4-6-11(10)13/h3-6,9H,7-8H2,1-2H3. The fraction of sp³-hybridized carbons (Fsp3) is 0.417. The summed E-state index contributed by atoms with van der Waals surface area (Å²) in [5, 5.41) is 0. The lowest BCUT2D eigenvalue weighted by Crippen LogP contribution is -2.03. The highest BCUT2D eigenvalue weighted by Gasteiger charge is 2.10. The van der Waals surface area contributed by atoms with Crippen LogP contribution in [-0.2, 0) is 0 Å². The number of carbonyl (C=O) groups is 1. The smallest absolute Gasteiger partial charge is 0.165 e. The summed E-state index contributed by atoms with van der Waals surface area (Å²) in [5.74, 6) is -0.0382. The third-order valence-electron chi connectivity index (χ3n) is 2.12. The number of halogens is 1. The molecule has 0 heterocycles. The van der Waals surface area contributed by atoms with Gasteiger partial charge in [0, 0.05) is 6.42 Å². The van der Waals surface area contributed by atoms with E-state index in [4.69, 9.17) is 0 Å². The lowest BCUT2D eigenvalue weighted by molar-refractivity contribution is 0.0971. The molecule has 1 rings (SSSR count). The molecule has 0 saturated carbocycles. The van der Waals surface area contributed by atoms with Gasteiger partial charge in [-0.05, 0) is 24.5 Å². The zero-order chi connectivity index (χ0) is 10.6. The first-order chi connectivity index (χ1) is 6.61. The molecule has 76 valence electrons. The molecule has 0 aliphatic carbocycles. The Morgan fingerprint density at radius 2 is 2.00 bits per heavy atom. The molecular weight excluding hydrogens is 179 g/mol. The van der Waals surface area contributed by atoms with E-state index in [0.717, 1.165) is 6.42 Å². The lowest BCUT2D eigenvalue weighted by atomic mass is 10.0. The average molecular weight is 194 g/mol. The molecule has 0 fully saturated rings. The van der Waals surface area contributed by atoms with E-state index >= 15 is 0 Å². The summed E-state index contributed by atoms with van der Waals surface area (Å²) >= 11 is 0. The van der Waals surface area contributed by atoms with E-state index in [9.17, 15) is 9.18 Å². The largest absolute Gasteiger partial charge is 0.294 e. The molecule has 1 aromatic rings. The maximum absolute atomic E-state index is 13.1. The molecule has 14 heavy (non-hydrogen) atoms. The Morgan fingerprint density at radius 1 is 1.36 bits per heavy atom. The van der Waals surface area contributed by atoms with Gasteiger partial charge in [0.2, 0.25) is 0 Å². The third kappa shape index (κ3) is 2.95. The van der Waals surface area contributed by atoms with Crippen molar-refractivity contribution in [2.45, 2.75) is 26.7 Å². The number of hydrogen-bond donors (Lipinski definition) is 0. The molecule has 1 aromatic carbocycles. The lowest BCUT2D eigenvalue weighted by Gasteiger charge is -2.04. The Kier molecular flexibility index (Phi) is 3.81. The van der Waals surface area contributed by atoms with Crippen molar-refractivity contribution in [2.75, 3.05) is 0 Å². The molecule has 1 nitrogen and oxygen atoms in total. The maximum Gasteiger partial charge on any atom is 0.165 e. The van der Waals surface area contributed by atoms with Crippen molar-refractivity contribution in [1.29, 1.82) is 0 Å². The van der Waals surface area contributed by atoms with Gasteiger partial charge in [0.05, 0.1) is 5.56 Å². The highest BCUT2D eigenvalue weighted by molar-refractivity contribution is 5.96. The van der Waals surface area contributed by atoms with Crippen molar-refractivity contribution in [3.8, 4) is 0 Å². The van der Waals surface area contributed by atoms with Crippen LogP contribution in [0.3, 0.4) is 0 Å². The van der Waals surface area contributed by atoms with Crippen molar-refractivity contribution in [1.82, 2.24) is 0 Å². The van der Waals surface area contributed by atoms with Crippen LogP contribution in [-0.4, -0.2) is 5.78 Å². The van der Waals surface area contributed by atoms with Crippen molar-refractivity contribution in [3.63, 3.8) is 0 Å². The van der Waals surface area contributed by atoms with Crippen LogP contribution < -0.4 is 0 Å². The number of hydrogen-bond acceptors (Lipinski definition) is 1. The molecule has 0 atom stereocenters. The molecule has 0 aliphatic heterocycles. The molecule has 0 spiro atoms. The number of Topliss-reactive ketones (excluding diaryl/α,β-unsaturated/α-hetero) is 1. The second-order valence-corrected chi connectivity index (χ2v) is 3.84. The van der Waals surface area contributed by atoms with Crippen molar-refractivity contribution in [2.24, 2.45) is 5.92 Å². The van der Waals surface area contributed by atoms with Crippen LogP contribution in [0.15, 0.2) is 24.3 Å². The zero-order valence-electron chi connectivity index (χ0n) is 8.59. The number of benzene rings is 1. The third-order valence-corrected chi connectivity index (χ3v) is 2.12. The number of ketones is 1. The van der Waals surface area contributed by atoms with Gasteiger partial charge in [0.1, 0.15) is 5.82 Å². The molecule has 0 amide bonds. The van der Waals surface area contributed by atoms with E-state index in [0.29, 0.717) is 12.3 Å². The topological polar surface area (TPSA) is 17.1 Å². The van der Waals surface area contributed by atoms with Gasteiger partial charge in [-0.1, -0.05) is 26.0 Å². The molecule has 0 N–H and O–H groups in total. The minimum atomic E-state index is -0.416. The van der Waals surface area contributed by atoms with Gasteiger partial charge in [0.25, 0.3) is 0 Å². The molecule has 0 aromatic heterocycles. The van der Waals surface area contributed by atoms with E-state index in [-0.39, 0.29) is 11.3 Å². The monoisotopic (exact) mass is 194 g/mol. The molecule has 0 radical (unpaired) electrons. The Labute approximate surface area is 83.9 Å². The molecule has 2 heteroatoms. The molecule has 0 saturated heterocycles. The van der Waals surface area contributed by atoms with Crippen molar-refractivity contribution >= 4 is 5.78 Å². The van der Waals surface area contributed by atoms with Gasteiger partial charge in [-0.2, -0.15) is 0 Å². The van der Waals surface area contributed by atoms with E-state index in [1.165, 1.54) is 12.1 Å². The Balaban J connectivity index is 2.65. The molecule has 0 bridgehead atoms. The first-order valence-electron chi connectivity index (χ1n) is 4.89. The van der Waals surface area contributed by atoms with Crippen molar-refractivity contribution < 1.29 is 9.18 Å². The van der Waals surface area contributed by atoms with Crippen LogP contribution in [0.5, 0.6) is 0 Å². The fourth-order valence-electron chi connectivity index (χ4n) is 1.24. The second-order valence-electron chi connectivity index (χ2n) is 3.84. The van der Waals surface area contributed by atoms with Crippen LogP contribution >= 0.6 is 0 Å². The van der Waals surface area contributed by atoms with Gasteiger partial charge < -0.3 is 0 Å². The summed E-state index contributed by atoms with van der Waals surface area (Å²) in [6, 6.07) is 6.14. The summed E-state index contributed by atoms with van der Waals surface area (Å²) in [6.45, 7) is 4.10. The summed E-state index contributed by atoms with van der Waals surface area (Å²) in [6.07, 6.45) is 1.24. The van der Waals surface area contributed by atoms with Gasteiger partial charge >= 0.3 is 0 Å². The van der Waals surface area contributed by atoms with Gasteiger partial charge in [0.15, 0.2) is 5.78 Å². The van der Waals surface area contributed by atoms with Crippen LogP contribution in [0.25, 0.3) is 0 Å². The first-order valence-corrected chi connectivity index (χ1v) is 4.89. The van der Waals surface area contributed by atoms with Crippen molar-refractivity contribution in [3.05, 3.63) is 35.6 Å². The number of rotatable bonds is 4. The Morgan fingerprint density at radius 3 is 2.57 bits per heavy atom. The predicted molar refractivity (Wildman–Crippen MR) is 54.8 cm³/mol. The van der Waals surface area contributed by atoms with Gasteiger partial charge in [-0.25, -0.2) is 4.39 Å². The predicted octanol–water partition coefficient (Wildman–Crippen LogP) is 3.44. The van der Waals surface area contributed by atoms with Gasteiger partial charge in [-0.3, -0.25) is 4.79 Å². The van der Waals surface area contributed by atoms with Gasteiger partial charge in [-0.15, -0.1) is 0 Å². The maximum atomic E-state index is 13.1. The molecule has 0 unspecified atom stereocenters. The summed E-state index contributed by atoms with van der Waals surface area (Å²) in [4.78, 5) is 11.5. The molecule has 0 aliphatic rings. The summed E-state index contributed by atoms with van der Waals surface area (Å²) in [7, 11) is 0. The van der Waals surface area contributed by atoms with Crippen LogP contribution in [0, 0.1) is 11.7 Å². The van der Waals surface area contributed by atoms with E-state index in [2.05, 4.69) is 13.8 Å². The minimum Gasteiger partial charge on any atom is -0.294 e. The van der Waals surface area contributed by atoms with E-state index < -0.39 is 5.82 Å². The normalized spacial score (nSPS) is 10.6. The second kappa shape index (κ2) is 4.89. The highest BCUT2D eigenvalue weighted by atomic mass is 19.1. The van der Waals surface area contributed by atoms with Crippen LogP contribution in [0.4, 0.5) is 4.39 Å². The average Bonchev–Trinajstić information content (AvgIpc) is 2.15. The zero-order valence-corrected chi connectivity index (χ0v) is 8.59. The number of carbonyl (C=O) groups excluding carboxylic acids is 1. The SMILES string of the molecule is CC(C)CCC(=O)c1ccccc1F. The fourth-order valence-corrected chi connectivity index (χ4v) is 1.24.